The lowest BCUT2D eigenvalue weighted by Crippen LogP contribution is -2.64. The number of aromatic nitrogens is 1. The van der Waals surface area contributed by atoms with E-state index in [0.29, 0.717) is 11.4 Å². The molecule has 1 aromatic heterocycles. The van der Waals surface area contributed by atoms with Gasteiger partial charge in [0.05, 0.1) is 24.9 Å². The molecule has 3 aromatic rings. The summed E-state index contributed by atoms with van der Waals surface area (Å²) < 4.78 is 7.17. The van der Waals surface area contributed by atoms with E-state index in [1.54, 1.807) is 12.0 Å². The Kier molecular flexibility index (Phi) is 6.20. The number of fused-ring (bicyclic) bond motifs is 3. The number of nitrogens with one attached hydrogen (secondary N) is 2. The summed E-state index contributed by atoms with van der Waals surface area (Å²) in [6.07, 6.45) is 4.11. The first-order chi connectivity index (χ1) is 17.3. The number of rotatable bonds is 6. The van der Waals surface area contributed by atoms with Crippen LogP contribution in [-0.2, 0) is 22.7 Å². The highest BCUT2D eigenvalue weighted by Gasteiger charge is 2.49. The van der Waals surface area contributed by atoms with Crippen LogP contribution in [0.4, 0.5) is 5.69 Å². The minimum atomic E-state index is -1.12. The Morgan fingerprint density at radius 1 is 1.08 bits per heavy atom. The lowest BCUT2D eigenvalue weighted by Gasteiger charge is -2.44. The van der Waals surface area contributed by atoms with Crippen LogP contribution in [0, 0.1) is 0 Å². The van der Waals surface area contributed by atoms with Crippen molar-refractivity contribution in [3.05, 3.63) is 59.8 Å². The number of hydrogen-bond donors (Lipinski definition) is 2. The van der Waals surface area contributed by atoms with E-state index in [0.717, 1.165) is 47.9 Å². The van der Waals surface area contributed by atoms with Crippen molar-refractivity contribution < 1.29 is 19.1 Å². The number of nitrogens with zero attached hydrogens (tertiary/aromatic N) is 2. The van der Waals surface area contributed by atoms with Gasteiger partial charge in [-0.3, -0.25) is 14.4 Å². The average Bonchev–Trinajstić information content (AvgIpc) is 3.48. The zero-order valence-electron chi connectivity index (χ0n) is 21.0. The second-order valence-corrected chi connectivity index (χ2v) is 9.98. The maximum atomic E-state index is 14.2. The number of amides is 3. The molecule has 1 saturated carbocycles. The van der Waals surface area contributed by atoms with Gasteiger partial charge in [-0.15, -0.1) is 0 Å². The Morgan fingerprint density at radius 2 is 1.78 bits per heavy atom. The van der Waals surface area contributed by atoms with Crippen LogP contribution >= 0.6 is 0 Å². The van der Waals surface area contributed by atoms with Crippen LogP contribution in [0.3, 0.4) is 0 Å². The lowest BCUT2D eigenvalue weighted by molar-refractivity contribution is -0.133. The fraction of sp³-hybridized carbons (Fsp3) is 0.393. The van der Waals surface area contributed by atoms with Gasteiger partial charge in [0.15, 0.2) is 0 Å². The fourth-order valence-corrected chi connectivity index (χ4v) is 5.50. The number of benzene rings is 2. The summed E-state index contributed by atoms with van der Waals surface area (Å²) in [5.41, 5.74) is 1.46. The molecule has 8 nitrogen and oxygen atoms in total. The van der Waals surface area contributed by atoms with E-state index in [4.69, 9.17) is 4.74 Å². The summed E-state index contributed by atoms with van der Waals surface area (Å²) in [6, 6.07) is 15.2. The van der Waals surface area contributed by atoms with Gasteiger partial charge in [-0.05, 0) is 43.5 Å². The Morgan fingerprint density at radius 3 is 2.44 bits per heavy atom. The van der Waals surface area contributed by atoms with Crippen molar-refractivity contribution in [1.82, 2.24) is 14.8 Å². The average molecular weight is 489 g/mol. The molecule has 1 aliphatic heterocycles. The molecule has 188 valence electrons. The number of hydrogen-bond acceptors (Lipinski definition) is 4. The molecule has 0 bridgehead atoms. The molecule has 1 fully saturated rings. The highest BCUT2D eigenvalue weighted by molar-refractivity contribution is 6.14. The van der Waals surface area contributed by atoms with Gasteiger partial charge in [-0.2, -0.15) is 0 Å². The SMILES string of the molecule is COc1ccc(CN2C(=O)c3c(NC(C)=O)c4ccccc4n3C[C@]2(C)C(=O)NC2CCCC2)cc1. The van der Waals surface area contributed by atoms with E-state index < -0.39 is 5.54 Å². The minimum Gasteiger partial charge on any atom is -0.497 e. The van der Waals surface area contributed by atoms with Crippen LogP contribution in [0.1, 0.15) is 55.6 Å². The van der Waals surface area contributed by atoms with Crippen LogP contribution < -0.4 is 15.4 Å². The van der Waals surface area contributed by atoms with Gasteiger partial charge < -0.3 is 24.8 Å². The molecular formula is C28H32N4O4. The molecule has 1 atom stereocenters. The predicted molar refractivity (Wildman–Crippen MR) is 138 cm³/mol. The minimum absolute atomic E-state index is 0.130. The number of anilines is 1. The van der Waals surface area contributed by atoms with Crippen LogP contribution in [0.15, 0.2) is 48.5 Å². The third kappa shape index (κ3) is 4.10. The number of methoxy groups -OCH3 is 1. The van der Waals surface area contributed by atoms with Crippen molar-refractivity contribution >= 4 is 34.3 Å². The van der Waals surface area contributed by atoms with E-state index in [9.17, 15) is 14.4 Å². The first-order valence-electron chi connectivity index (χ1n) is 12.5. The lowest BCUT2D eigenvalue weighted by atomic mass is 9.93. The van der Waals surface area contributed by atoms with Crippen molar-refractivity contribution in [3.8, 4) is 5.75 Å². The quantitative estimate of drug-likeness (QED) is 0.547. The summed E-state index contributed by atoms with van der Waals surface area (Å²) in [7, 11) is 1.61. The summed E-state index contributed by atoms with van der Waals surface area (Å²) in [4.78, 5) is 41.8. The zero-order valence-corrected chi connectivity index (χ0v) is 21.0. The Labute approximate surface area is 210 Å². The predicted octanol–water partition coefficient (Wildman–Crippen LogP) is 4.08. The first-order valence-corrected chi connectivity index (χ1v) is 12.5. The third-order valence-electron chi connectivity index (χ3n) is 7.46. The van der Waals surface area contributed by atoms with Gasteiger partial charge in [-0.25, -0.2) is 0 Å². The maximum absolute atomic E-state index is 14.2. The van der Waals surface area contributed by atoms with Crippen LogP contribution in [-0.4, -0.2) is 45.9 Å². The molecule has 0 unspecified atom stereocenters. The third-order valence-corrected chi connectivity index (χ3v) is 7.46. The highest BCUT2D eigenvalue weighted by Crippen LogP contribution is 2.39. The van der Waals surface area contributed by atoms with Crippen molar-refractivity contribution in [2.45, 2.75) is 64.2 Å². The molecule has 1 aliphatic carbocycles. The van der Waals surface area contributed by atoms with Crippen LogP contribution in [0.2, 0.25) is 0 Å². The Hall–Kier alpha value is -3.81. The van der Waals surface area contributed by atoms with Gasteiger partial charge in [0.25, 0.3) is 5.91 Å². The Bertz CT molecular complexity index is 1320. The summed E-state index contributed by atoms with van der Waals surface area (Å²) >= 11 is 0. The van der Waals surface area contributed by atoms with Gasteiger partial charge in [0, 0.05) is 24.9 Å². The molecule has 2 N–H and O–H groups in total. The smallest absolute Gasteiger partial charge is 0.273 e. The van der Waals surface area contributed by atoms with E-state index in [1.807, 2.05) is 60.0 Å². The van der Waals surface area contributed by atoms with Crippen molar-refractivity contribution in [1.29, 1.82) is 0 Å². The molecule has 5 rings (SSSR count). The standard InChI is InChI=1S/C28H32N4O4/c1-18(33)29-24-22-10-6-7-11-23(22)31-17-28(2,27(35)30-20-8-4-5-9-20)32(26(34)25(24)31)16-19-12-14-21(36-3)15-13-19/h6-7,10-15,20H,4-5,8-9,16-17H2,1-3H3,(H,29,33)(H,30,35)/t28-/m1/s1. The molecule has 8 heteroatoms. The molecule has 0 radical (unpaired) electrons. The Balaban J connectivity index is 1.62. The molecule has 2 aliphatic rings. The van der Waals surface area contributed by atoms with Crippen molar-refractivity contribution in [2.24, 2.45) is 0 Å². The topological polar surface area (TPSA) is 92.7 Å². The normalized spacial score (nSPS) is 19.9. The zero-order chi connectivity index (χ0) is 25.4. The van der Waals surface area contributed by atoms with E-state index in [1.165, 1.54) is 6.92 Å². The molecule has 36 heavy (non-hydrogen) atoms. The molecule has 0 saturated heterocycles. The number of ether oxygens (including phenoxy) is 1. The van der Waals surface area contributed by atoms with Gasteiger partial charge in [0.1, 0.15) is 17.0 Å². The van der Waals surface area contributed by atoms with Gasteiger partial charge in [-0.1, -0.05) is 43.2 Å². The van der Waals surface area contributed by atoms with Gasteiger partial charge in [0.2, 0.25) is 11.8 Å². The maximum Gasteiger partial charge on any atom is 0.273 e. The number of carbonyl (C=O) groups is 3. The summed E-state index contributed by atoms with van der Waals surface area (Å²) in [5, 5.41) is 6.88. The number of para-hydroxylation sites is 1. The second-order valence-electron chi connectivity index (χ2n) is 9.98. The van der Waals surface area contributed by atoms with Gasteiger partial charge >= 0.3 is 0 Å². The second kappa shape index (κ2) is 9.33. The first kappa shape index (κ1) is 23.9. The van der Waals surface area contributed by atoms with Crippen LogP contribution in [0.5, 0.6) is 5.75 Å². The van der Waals surface area contributed by atoms with E-state index in [-0.39, 0.29) is 36.9 Å². The van der Waals surface area contributed by atoms with E-state index >= 15 is 0 Å². The molecular weight excluding hydrogens is 456 g/mol. The molecule has 0 spiro atoms. The summed E-state index contributed by atoms with van der Waals surface area (Å²) in [5.74, 6) is 0.0244. The molecule has 2 aromatic carbocycles. The van der Waals surface area contributed by atoms with E-state index in [2.05, 4.69) is 10.6 Å². The molecule has 3 amide bonds. The molecule has 2 heterocycles. The fourth-order valence-electron chi connectivity index (χ4n) is 5.50. The number of carbonyl (C=O) groups excluding carboxylic acids is 3. The van der Waals surface area contributed by atoms with Crippen molar-refractivity contribution in [2.75, 3.05) is 12.4 Å². The summed E-state index contributed by atoms with van der Waals surface area (Å²) in [6.45, 7) is 3.80. The highest BCUT2D eigenvalue weighted by atomic mass is 16.5. The van der Waals surface area contributed by atoms with Crippen LogP contribution in [0.25, 0.3) is 10.9 Å². The largest absolute Gasteiger partial charge is 0.497 e. The van der Waals surface area contributed by atoms with Crippen molar-refractivity contribution in [3.63, 3.8) is 0 Å². The monoisotopic (exact) mass is 488 g/mol.